The van der Waals surface area contributed by atoms with Crippen LogP contribution < -0.4 is 0 Å². The average molecular weight is 294 g/mol. The van der Waals surface area contributed by atoms with E-state index in [4.69, 9.17) is 13.3 Å². The maximum absolute atomic E-state index is 8.67. The maximum atomic E-state index is 8.67. The second-order valence-corrected chi connectivity index (χ2v) is 0.692. The van der Waals surface area contributed by atoms with Crippen LogP contribution in [0.4, 0.5) is 0 Å². The zero-order valence-corrected chi connectivity index (χ0v) is 8.73. The predicted molar refractivity (Wildman–Crippen MR) is 23.3 cm³/mol. The van der Waals surface area contributed by atoms with Crippen LogP contribution in [0.5, 0.6) is 0 Å². The molecule has 3 nitrogen and oxygen atoms in total. The number of hydrogen-bond donors (Lipinski definition) is 2. The summed E-state index contributed by atoms with van der Waals surface area (Å²) in [7, 11) is 0. The van der Waals surface area contributed by atoms with Crippen molar-refractivity contribution in [3.63, 3.8) is 0 Å². The van der Waals surface area contributed by atoms with Gasteiger partial charge in [0.1, 0.15) is 0 Å². The van der Waals surface area contributed by atoms with E-state index < -0.39 is 11.4 Å². The first-order valence-corrected chi connectivity index (χ1v) is 1.60. The Morgan fingerprint density at radius 2 is 1.40 bits per heavy atom. The number of rotatable bonds is 0. The minimum absolute atomic E-state index is 0. The molecule has 5 heteroatoms. The molecule has 0 radical (unpaired) electrons. The van der Waals surface area contributed by atoms with Gasteiger partial charge in [-0.15, -0.1) is 0 Å². The Balaban J connectivity index is 0. The van der Waals surface area contributed by atoms with Crippen LogP contribution in [-0.2, 0) is 11.4 Å². The average Bonchev–Trinajstić information content (AvgIpc) is 0.811. The minimum atomic E-state index is -2.61. The number of hydrogen-bond acceptors (Lipinski definition) is 1. The summed E-state index contributed by atoms with van der Waals surface area (Å²) in [6, 6.07) is 0. The Morgan fingerprint density at radius 1 is 1.40 bits per heavy atom. The van der Waals surface area contributed by atoms with Gasteiger partial charge in [-0.2, -0.15) is 4.21 Å². The Morgan fingerprint density at radius 3 is 1.40 bits per heavy atom. The molecule has 0 aliphatic heterocycles. The first-order chi connectivity index (χ1) is 1.73. The van der Waals surface area contributed by atoms with Gasteiger partial charge < -0.3 is 0 Å². The molecule has 0 fully saturated rings. The summed E-state index contributed by atoms with van der Waals surface area (Å²) < 4.78 is 22.8. The Labute approximate surface area is 51.0 Å². The molecular formula is H5BiO3S. The molecule has 0 atom stereocenters. The molecule has 0 aliphatic carbocycles. The third-order valence-electron chi connectivity index (χ3n) is 0. The van der Waals surface area contributed by atoms with Gasteiger partial charge in [0.15, 0.2) is 0 Å². The van der Waals surface area contributed by atoms with E-state index >= 15 is 0 Å². The molecule has 0 aromatic carbocycles. The predicted octanol–water partition coefficient (Wildman–Crippen LogP) is -1.50. The van der Waals surface area contributed by atoms with Crippen LogP contribution >= 0.6 is 0 Å². The van der Waals surface area contributed by atoms with Crippen LogP contribution in [0.25, 0.3) is 0 Å². The summed E-state index contributed by atoms with van der Waals surface area (Å²) in [4.78, 5) is 0. The van der Waals surface area contributed by atoms with Gasteiger partial charge in [0, 0.05) is 0 Å². The zero-order chi connectivity index (χ0) is 3.58. The van der Waals surface area contributed by atoms with Crippen LogP contribution in [0, 0.1) is 0 Å². The summed E-state index contributed by atoms with van der Waals surface area (Å²) in [5, 5.41) is 0. The van der Waals surface area contributed by atoms with Crippen molar-refractivity contribution in [2.45, 2.75) is 0 Å². The van der Waals surface area contributed by atoms with Crippen molar-refractivity contribution in [2.75, 3.05) is 0 Å². The molecule has 0 spiro atoms. The molecule has 5 heavy (non-hydrogen) atoms. The van der Waals surface area contributed by atoms with E-state index in [0.717, 1.165) is 0 Å². The van der Waals surface area contributed by atoms with Crippen molar-refractivity contribution >= 4 is 37.6 Å². The quantitative estimate of drug-likeness (QED) is 0.422. The fourth-order valence-electron chi connectivity index (χ4n) is 0. The molecule has 0 aliphatic rings. The Hall–Kier alpha value is 0.953. The van der Waals surface area contributed by atoms with Crippen LogP contribution in [0.15, 0.2) is 0 Å². The van der Waals surface area contributed by atoms with E-state index in [2.05, 4.69) is 0 Å². The van der Waals surface area contributed by atoms with Crippen molar-refractivity contribution in [1.82, 2.24) is 0 Å². The van der Waals surface area contributed by atoms with E-state index in [1.54, 1.807) is 0 Å². The van der Waals surface area contributed by atoms with E-state index in [-0.39, 0.29) is 26.2 Å². The fourth-order valence-corrected chi connectivity index (χ4v) is 0. The molecule has 34 valence electrons. The second-order valence-electron chi connectivity index (χ2n) is 0.231. The SMILES string of the molecule is O=S(O)O.[BiH3]. The van der Waals surface area contributed by atoms with Crippen molar-refractivity contribution in [3.05, 3.63) is 0 Å². The third kappa shape index (κ3) is 47.5. The molecule has 0 aromatic rings. The van der Waals surface area contributed by atoms with Crippen LogP contribution in [0.2, 0.25) is 0 Å². The van der Waals surface area contributed by atoms with Gasteiger partial charge >= 0.3 is 26.2 Å². The van der Waals surface area contributed by atoms with Gasteiger partial charge in [0.05, 0.1) is 0 Å². The molecule has 0 bridgehead atoms. The van der Waals surface area contributed by atoms with Gasteiger partial charge in [0.2, 0.25) is 0 Å². The summed E-state index contributed by atoms with van der Waals surface area (Å²) in [5.74, 6) is 0. The van der Waals surface area contributed by atoms with Gasteiger partial charge in [-0.3, -0.25) is 9.11 Å². The van der Waals surface area contributed by atoms with Crippen LogP contribution in [0.1, 0.15) is 0 Å². The fraction of sp³-hybridized carbons (Fsp3) is 0. The Bertz CT molecular complexity index is 29.9. The molecule has 0 amide bonds. The standard InChI is InChI=1S/Bi.H2O3S.3H/c;1-4(2)3;;;/h;(H2,1,2,3);;;. The van der Waals surface area contributed by atoms with Gasteiger partial charge in [0.25, 0.3) is 11.4 Å². The molecule has 2 N–H and O–H groups in total. The van der Waals surface area contributed by atoms with Crippen LogP contribution in [-0.4, -0.2) is 39.5 Å². The topological polar surface area (TPSA) is 57.5 Å². The molecule has 0 saturated carbocycles. The normalized spacial score (nSPS) is 7.00. The molecule has 0 rings (SSSR count). The van der Waals surface area contributed by atoms with Crippen LogP contribution in [0.3, 0.4) is 0 Å². The van der Waals surface area contributed by atoms with E-state index in [0.29, 0.717) is 0 Å². The molecule has 0 saturated heterocycles. The van der Waals surface area contributed by atoms with Crippen molar-refractivity contribution < 1.29 is 13.3 Å². The first-order valence-electron chi connectivity index (χ1n) is 0.532. The zero-order valence-electron chi connectivity index (χ0n) is 2.42. The van der Waals surface area contributed by atoms with Gasteiger partial charge in [-0.05, 0) is 0 Å². The van der Waals surface area contributed by atoms with Gasteiger partial charge in [-0.1, -0.05) is 0 Å². The van der Waals surface area contributed by atoms with Gasteiger partial charge in [-0.25, -0.2) is 0 Å². The van der Waals surface area contributed by atoms with E-state index in [1.807, 2.05) is 0 Å². The van der Waals surface area contributed by atoms with Crippen molar-refractivity contribution in [1.29, 1.82) is 0 Å². The summed E-state index contributed by atoms with van der Waals surface area (Å²) in [6.07, 6.45) is 0. The molecular weight excluding hydrogens is 289 g/mol. The monoisotopic (exact) mass is 294 g/mol. The molecule has 0 aromatic heterocycles. The summed E-state index contributed by atoms with van der Waals surface area (Å²) in [5.41, 5.74) is 0. The van der Waals surface area contributed by atoms with E-state index in [1.165, 1.54) is 0 Å². The second kappa shape index (κ2) is 4.95. The van der Waals surface area contributed by atoms with Crippen molar-refractivity contribution in [2.24, 2.45) is 0 Å². The summed E-state index contributed by atoms with van der Waals surface area (Å²) in [6.45, 7) is 0. The summed E-state index contributed by atoms with van der Waals surface area (Å²) >= 11 is -2.61. The molecule has 0 unspecified atom stereocenters. The Kier molecular flexibility index (Phi) is 9.26. The third-order valence-corrected chi connectivity index (χ3v) is 0. The first kappa shape index (κ1) is 9.35. The van der Waals surface area contributed by atoms with Crippen molar-refractivity contribution in [3.8, 4) is 0 Å². The molecule has 0 heterocycles. The van der Waals surface area contributed by atoms with E-state index in [9.17, 15) is 0 Å².